The Morgan fingerprint density at radius 1 is 0.626 bits per heavy atom. The molecule has 15 unspecified atom stereocenters. The summed E-state index contributed by atoms with van der Waals surface area (Å²) >= 11 is 0. The lowest BCUT2D eigenvalue weighted by molar-refractivity contribution is -0.244. The van der Waals surface area contributed by atoms with Crippen molar-refractivity contribution in [3.63, 3.8) is 0 Å². The number of rotatable bonds is 17. The maximum Gasteiger partial charge on any atom is 0.428 e. The number of thiophene rings is 1. The van der Waals surface area contributed by atoms with Gasteiger partial charge in [0.25, 0.3) is 10.5 Å². The van der Waals surface area contributed by atoms with Crippen LogP contribution in [0.5, 0.6) is 11.5 Å². The van der Waals surface area contributed by atoms with Gasteiger partial charge >= 0.3 is 42.0 Å². The van der Waals surface area contributed by atoms with Crippen LogP contribution in [0, 0.1) is 80.3 Å². The Bertz CT molecular complexity index is 4060. The third-order valence-corrected chi connectivity index (χ3v) is 27.9. The summed E-state index contributed by atoms with van der Waals surface area (Å²) in [7, 11) is -5.36. The molecular weight excluding hydrogens is 1430 g/mol. The molecule has 3 saturated heterocycles. The number of alkyl halides is 4. The van der Waals surface area contributed by atoms with Crippen LogP contribution in [0.2, 0.25) is 0 Å². The minimum absolute atomic E-state index is 0.0455. The summed E-state index contributed by atoms with van der Waals surface area (Å²) in [5, 5.41) is 11.8. The number of esters is 6. The molecule has 4 heterocycles. The number of benzene rings is 4. The smallest absolute Gasteiger partial charge is 0.428 e. The van der Waals surface area contributed by atoms with Crippen molar-refractivity contribution >= 4 is 77.0 Å². The molecule has 8 aliphatic carbocycles. The minimum Gasteiger partial charge on any atom is -0.722 e. The molecule has 588 valence electrons. The molecule has 3 aliphatic heterocycles. The highest BCUT2D eigenvalue weighted by Gasteiger charge is 2.69. The van der Waals surface area contributed by atoms with Gasteiger partial charge in [-0.25, -0.2) is 12.8 Å². The molecule has 107 heavy (non-hydrogen) atoms. The minimum atomic E-state index is -5.42. The standard InChI is InChI=1S/C20H28F4O4.C20H32O2.C18H13S.C13H18O5.C12H16O3.FHO3S/c1-4-17(2,3)15(25)28-19-8-12-5-13(9-19)7-18(6-12,11-19)16(26)27-14(10-21)20(22,23)24;1-5-19(3,4)18(21)22-20(6-2)11-14-10-15(20)17-13-8-7-12(9-13)16(14)17;1-2-8-14(9-3-1)19-17-12-6-4-10-15(17)16-11-5-7-13-18(16)19;1-4-13(2,3)12(15)18-9-7-5-6-8(16-7)10(9)17-11(6)14;1-4-12(2,3)11(14)15-10-7-5-9(13)6-8-10;1-5(2,3)4/h12-14H,4-11H2,1-3H3;12-17H,5-11H2,1-4H3;1-13H;6-10H,4-5H2,1-3H3;5-8,13H,4H2,1-3H3;(H,2,3,4)/q;;+1;;;/p-1. The largest absolute Gasteiger partial charge is 0.722 e. The van der Waals surface area contributed by atoms with Gasteiger partial charge in [0.2, 0.25) is 6.10 Å². The van der Waals surface area contributed by atoms with Crippen LogP contribution in [0.4, 0.5) is 21.4 Å². The zero-order valence-corrected chi connectivity index (χ0v) is 65.4. The van der Waals surface area contributed by atoms with E-state index in [0.29, 0.717) is 56.6 Å². The monoisotopic (exact) mass is 1530 g/mol. The fourth-order valence-corrected chi connectivity index (χ4v) is 21.0. The molecule has 17 nitrogen and oxygen atoms in total. The molecule has 1 aromatic heterocycles. The third-order valence-electron chi connectivity index (χ3n) is 25.6. The van der Waals surface area contributed by atoms with Crippen LogP contribution in [0.25, 0.3) is 25.1 Å². The van der Waals surface area contributed by atoms with Crippen molar-refractivity contribution in [2.45, 2.75) is 247 Å². The fourth-order valence-electron chi connectivity index (χ4n) is 18.6. The third kappa shape index (κ3) is 17.7. The van der Waals surface area contributed by atoms with Gasteiger partial charge in [0.15, 0.2) is 26.5 Å². The summed E-state index contributed by atoms with van der Waals surface area (Å²) in [6.45, 7) is 23.3. The molecule has 0 radical (unpaired) electrons. The van der Waals surface area contributed by atoms with E-state index < -0.39 is 74.9 Å². The van der Waals surface area contributed by atoms with Gasteiger partial charge in [0, 0.05) is 33.6 Å². The van der Waals surface area contributed by atoms with Crippen molar-refractivity contribution in [2.75, 3.05) is 6.67 Å². The lowest BCUT2D eigenvalue weighted by atomic mass is 9.48. The summed E-state index contributed by atoms with van der Waals surface area (Å²) in [6, 6.07) is 34.5. The highest BCUT2D eigenvalue weighted by Crippen LogP contribution is 2.71. The number of aromatic hydroxyl groups is 1. The van der Waals surface area contributed by atoms with Crippen LogP contribution in [0.3, 0.4) is 0 Å². The maximum absolute atomic E-state index is 12.9. The van der Waals surface area contributed by atoms with E-state index in [9.17, 15) is 50.2 Å². The first kappa shape index (κ1) is 82.7. The number of phenols is 1. The summed E-state index contributed by atoms with van der Waals surface area (Å²) in [5.41, 5.74) is -4.08. The van der Waals surface area contributed by atoms with Crippen molar-refractivity contribution in [3.8, 4) is 16.4 Å². The normalized spacial score (nSPS) is 30.3. The van der Waals surface area contributed by atoms with Gasteiger partial charge in [-0.3, -0.25) is 28.8 Å². The summed E-state index contributed by atoms with van der Waals surface area (Å²) in [5.74, 6) is 4.01. The fraction of sp³-hybridized carbons (Fsp3) is 0.639. The van der Waals surface area contributed by atoms with E-state index >= 15 is 0 Å². The molecule has 5 aromatic rings. The van der Waals surface area contributed by atoms with Gasteiger partial charge < -0.3 is 42.8 Å². The van der Waals surface area contributed by atoms with Crippen LogP contribution in [0.15, 0.2) is 103 Å². The molecular formula is C83H107F5O17S2. The van der Waals surface area contributed by atoms with Crippen LogP contribution >= 0.6 is 10.5 Å². The number of hydrogen-bond acceptors (Lipinski definition) is 17. The topological polar surface area (TPSA) is 244 Å². The van der Waals surface area contributed by atoms with E-state index in [4.69, 9.17) is 46.5 Å². The first-order chi connectivity index (χ1) is 50.1. The number of fused-ring (bicyclic) bond motifs is 13. The van der Waals surface area contributed by atoms with Crippen molar-refractivity contribution in [3.05, 3.63) is 103 Å². The number of carbonyl (C=O) groups is 6. The van der Waals surface area contributed by atoms with E-state index in [-0.39, 0.29) is 93.5 Å². The Hall–Kier alpha value is -6.76. The van der Waals surface area contributed by atoms with Crippen LogP contribution < -0.4 is 4.74 Å². The van der Waals surface area contributed by atoms with Gasteiger partial charge in [-0.05, 0) is 260 Å². The molecule has 24 heteroatoms. The first-order valence-corrected chi connectivity index (χ1v) is 40.7. The van der Waals surface area contributed by atoms with Crippen molar-refractivity contribution < 1.29 is 101 Å². The van der Waals surface area contributed by atoms with E-state index in [0.717, 1.165) is 61.7 Å². The van der Waals surface area contributed by atoms with E-state index in [2.05, 4.69) is 97.4 Å². The Kier molecular flexibility index (Phi) is 24.7. The summed E-state index contributed by atoms with van der Waals surface area (Å²) < 4.78 is 128. The van der Waals surface area contributed by atoms with Crippen molar-refractivity contribution in [1.29, 1.82) is 0 Å². The SMILES string of the molecule is CCC(C)(C)C(=O)OC1(CC)CC2CC1C1C3CCC(C3)C21.CCC(C)(C)C(=O)OC12CC3CC(C1)CC(C(=O)OC(CF)C(F)(F)F)(C3)C2.CCC(C)(C)C(=O)OC1C2CC3C(=O)OC1C3O2.CCC(C)(C)C(=O)Oc1ccc(O)cc1.O=S(=O)([O-])F.c1ccc(-[s+]2c3ccccc3c3ccccc32)cc1. The summed E-state index contributed by atoms with van der Waals surface area (Å²) in [4.78, 5) is 74.8. The van der Waals surface area contributed by atoms with Crippen molar-refractivity contribution in [2.24, 2.45) is 80.3 Å². The molecule has 15 atom stereocenters. The van der Waals surface area contributed by atoms with E-state index in [1.807, 2.05) is 62.3 Å². The molecule has 11 fully saturated rings. The van der Waals surface area contributed by atoms with Gasteiger partial charge in [-0.2, -0.15) is 13.2 Å². The quantitative estimate of drug-likeness (QED) is 0.0133. The second kappa shape index (κ2) is 31.9. The zero-order valence-electron chi connectivity index (χ0n) is 63.8. The molecule has 0 spiro atoms. The Balaban J connectivity index is 0.000000142. The van der Waals surface area contributed by atoms with Crippen LogP contribution in [0.1, 0.15) is 199 Å². The van der Waals surface area contributed by atoms with Gasteiger partial charge in [-0.15, -0.1) is 3.89 Å². The molecule has 8 saturated carbocycles. The van der Waals surface area contributed by atoms with E-state index in [1.165, 1.54) is 62.9 Å². The Morgan fingerprint density at radius 3 is 1.65 bits per heavy atom. The highest BCUT2D eigenvalue weighted by atomic mass is 32.3. The number of carbonyl (C=O) groups excluding carboxylic acids is 6. The molecule has 1 N–H and O–H groups in total. The predicted octanol–water partition coefficient (Wildman–Crippen LogP) is 18.5. The average molecular weight is 1540 g/mol. The highest BCUT2D eigenvalue weighted by molar-refractivity contribution is 7.80. The molecule has 4 aromatic carbocycles. The number of phenolic OH excluding ortho intramolecular Hbond substituents is 1. The van der Waals surface area contributed by atoms with Gasteiger partial charge in [0.05, 0.1) is 39.1 Å². The lowest BCUT2D eigenvalue weighted by Gasteiger charge is -2.60. The second-order valence-corrected chi connectivity index (χ2v) is 36.8. The molecule has 10 bridgehead atoms. The Labute approximate surface area is 628 Å². The van der Waals surface area contributed by atoms with E-state index in [1.54, 1.807) is 26.0 Å². The molecule has 0 amide bonds. The molecule has 11 aliphatic rings. The first-order valence-electron chi connectivity index (χ1n) is 38.1. The van der Waals surface area contributed by atoms with Gasteiger partial charge in [-0.1, -0.05) is 77.1 Å². The zero-order chi connectivity index (χ0) is 78.4. The Morgan fingerprint density at radius 2 is 1.13 bits per heavy atom. The number of halogens is 5. The van der Waals surface area contributed by atoms with Crippen molar-refractivity contribution in [1.82, 2.24) is 0 Å². The number of hydrogen-bond donors (Lipinski definition) is 1. The predicted molar refractivity (Wildman–Crippen MR) is 394 cm³/mol. The lowest BCUT2D eigenvalue weighted by Crippen LogP contribution is -2.61. The van der Waals surface area contributed by atoms with Gasteiger partial charge in [0.1, 0.15) is 35.5 Å². The van der Waals surface area contributed by atoms with Crippen LogP contribution in [-0.4, -0.2) is 108 Å². The number of ether oxygens (including phenoxy) is 7. The average Bonchev–Trinajstić information content (AvgIpc) is 1.64. The molecule has 16 rings (SSSR count). The summed E-state index contributed by atoms with van der Waals surface area (Å²) in [6.07, 6.45) is 5.65. The maximum atomic E-state index is 12.9. The van der Waals surface area contributed by atoms with Crippen LogP contribution in [-0.2, 0) is 67.7 Å². The second-order valence-electron chi connectivity index (χ2n) is 34.1.